The summed E-state index contributed by atoms with van der Waals surface area (Å²) >= 11 is 0. The minimum absolute atomic E-state index is 0.239. The molecule has 1 aromatic carbocycles. The zero-order valence-electron chi connectivity index (χ0n) is 11.0. The molecule has 1 saturated heterocycles. The van der Waals surface area contributed by atoms with E-state index >= 15 is 0 Å². The van der Waals surface area contributed by atoms with E-state index < -0.39 is 0 Å². The number of benzene rings is 1. The topological polar surface area (TPSA) is 29.0 Å². The third-order valence-corrected chi connectivity index (χ3v) is 2.94. The summed E-state index contributed by atoms with van der Waals surface area (Å²) < 4.78 is 13.2. The summed E-state index contributed by atoms with van der Waals surface area (Å²) in [5.41, 5.74) is 0.797. The molecule has 2 heterocycles. The molecule has 0 atom stereocenters. The fraction of sp³-hybridized carbons (Fsp3) is 0.429. The fourth-order valence-electron chi connectivity index (χ4n) is 2.14. The van der Waals surface area contributed by atoms with Crippen molar-refractivity contribution in [3.63, 3.8) is 0 Å². The van der Waals surface area contributed by atoms with Gasteiger partial charge in [-0.3, -0.25) is 0 Å². The largest absolute Gasteiger partial charge is 0.355 e. The lowest BCUT2D eigenvalue weighted by molar-refractivity contribution is 0.444. The van der Waals surface area contributed by atoms with Gasteiger partial charge in [-0.1, -0.05) is 20.8 Å². The molecule has 96 valence electrons. The van der Waals surface area contributed by atoms with E-state index in [4.69, 9.17) is 0 Å². The molecule has 0 unspecified atom stereocenters. The van der Waals surface area contributed by atoms with Crippen LogP contribution in [0.3, 0.4) is 0 Å². The fourth-order valence-corrected chi connectivity index (χ4v) is 2.14. The smallest absolute Gasteiger partial charge is 0.140 e. The van der Waals surface area contributed by atoms with Gasteiger partial charge in [-0.25, -0.2) is 14.4 Å². The van der Waals surface area contributed by atoms with Crippen LogP contribution < -0.4 is 4.90 Å². The first kappa shape index (κ1) is 12.7. The van der Waals surface area contributed by atoms with Crippen LogP contribution in [0.2, 0.25) is 0 Å². The van der Waals surface area contributed by atoms with Crippen molar-refractivity contribution in [1.29, 1.82) is 0 Å². The molecule has 0 N–H and O–H groups in total. The van der Waals surface area contributed by atoms with Crippen molar-refractivity contribution in [3.8, 4) is 0 Å². The lowest BCUT2D eigenvalue weighted by Crippen LogP contribution is -2.45. The number of anilines is 1. The minimum Gasteiger partial charge on any atom is -0.355 e. The van der Waals surface area contributed by atoms with E-state index in [0.29, 0.717) is 5.92 Å². The molecular weight excluding hydrogens is 229 g/mol. The Kier molecular flexibility index (Phi) is 3.75. The van der Waals surface area contributed by atoms with Gasteiger partial charge in [-0.2, -0.15) is 0 Å². The average molecular weight is 247 g/mol. The second-order valence-electron chi connectivity index (χ2n) is 4.37. The second kappa shape index (κ2) is 5.29. The summed E-state index contributed by atoms with van der Waals surface area (Å²) in [6, 6.07) is 4.63. The molecule has 4 heteroatoms. The molecule has 0 radical (unpaired) electrons. The number of rotatable bonds is 1. The molecule has 2 aromatic rings. The molecule has 1 aromatic heterocycles. The van der Waals surface area contributed by atoms with Crippen LogP contribution in [0, 0.1) is 11.7 Å². The van der Waals surface area contributed by atoms with Crippen molar-refractivity contribution in [2.24, 2.45) is 5.92 Å². The highest BCUT2D eigenvalue weighted by molar-refractivity contribution is 5.89. The Labute approximate surface area is 107 Å². The van der Waals surface area contributed by atoms with E-state index in [1.165, 1.54) is 12.1 Å². The number of hydrogen-bond acceptors (Lipinski definition) is 3. The quantitative estimate of drug-likeness (QED) is 0.774. The number of hydrogen-bond donors (Lipinski definition) is 0. The molecule has 1 aliphatic rings. The second-order valence-corrected chi connectivity index (χ2v) is 4.37. The standard InChI is InChI=1S/C12H12FN3.C2H6/c1-8-5-16(6-8)12-10-4-9(13)2-3-11(10)14-7-15-12;1-2/h2-4,7-8H,5-6H2,1H3;1-2H3. The zero-order chi connectivity index (χ0) is 13.1. The van der Waals surface area contributed by atoms with E-state index in [1.54, 1.807) is 12.4 Å². The van der Waals surface area contributed by atoms with Gasteiger partial charge in [-0.15, -0.1) is 0 Å². The average Bonchev–Trinajstić information content (AvgIpc) is 2.37. The van der Waals surface area contributed by atoms with E-state index in [0.717, 1.165) is 29.8 Å². The van der Waals surface area contributed by atoms with Crippen LogP contribution in [0.25, 0.3) is 10.9 Å². The maximum atomic E-state index is 13.2. The Morgan fingerprint density at radius 3 is 2.61 bits per heavy atom. The Morgan fingerprint density at radius 2 is 1.94 bits per heavy atom. The van der Waals surface area contributed by atoms with Crippen molar-refractivity contribution >= 4 is 16.7 Å². The maximum Gasteiger partial charge on any atom is 0.140 e. The molecule has 1 aliphatic heterocycles. The highest BCUT2D eigenvalue weighted by Gasteiger charge is 2.25. The van der Waals surface area contributed by atoms with E-state index in [9.17, 15) is 4.39 Å². The van der Waals surface area contributed by atoms with E-state index in [2.05, 4.69) is 21.8 Å². The normalized spacial score (nSPS) is 15.0. The Balaban J connectivity index is 0.000000574. The Morgan fingerprint density at radius 1 is 1.22 bits per heavy atom. The van der Waals surface area contributed by atoms with Crippen molar-refractivity contribution < 1.29 is 4.39 Å². The Bertz CT molecular complexity index is 536. The number of aromatic nitrogens is 2. The van der Waals surface area contributed by atoms with Crippen LogP contribution in [0.4, 0.5) is 10.2 Å². The molecular formula is C14H18FN3. The number of fused-ring (bicyclic) bond motifs is 1. The third-order valence-electron chi connectivity index (χ3n) is 2.94. The van der Waals surface area contributed by atoms with Gasteiger partial charge in [0.15, 0.2) is 0 Å². The van der Waals surface area contributed by atoms with Gasteiger partial charge in [0.25, 0.3) is 0 Å². The number of halogens is 1. The van der Waals surface area contributed by atoms with E-state index in [1.807, 2.05) is 13.8 Å². The van der Waals surface area contributed by atoms with Crippen molar-refractivity contribution in [3.05, 3.63) is 30.3 Å². The zero-order valence-corrected chi connectivity index (χ0v) is 11.0. The van der Waals surface area contributed by atoms with E-state index in [-0.39, 0.29) is 5.82 Å². The SMILES string of the molecule is CC.CC1CN(c2ncnc3ccc(F)cc23)C1. The minimum atomic E-state index is -0.239. The van der Waals surface area contributed by atoms with Crippen molar-refractivity contribution in [2.75, 3.05) is 18.0 Å². The van der Waals surface area contributed by atoms with Gasteiger partial charge in [0.05, 0.1) is 5.52 Å². The van der Waals surface area contributed by atoms with Crippen LogP contribution in [-0.4, -0.2) is 23.1 Å². The van der Waals surface area contributed by atoms with Gasteiger partial charge < -0.3 is 4.90 Å². The Hall–Kier alpha value is -1.71. The van der Waals surface area contributed by atoms with Gasteiger partial charge in [0, 0.05) is 18.5 Å². The summed E-state index contributed by atoms with van der Waals surface area (Å²) in [6.07, 6.45) is 1.54. The number of nitrogens with zero attached hydrogens (tertiary/aromatic N) is 3. The van der Waals surface area contributed by atoms with Crippen LogP contribution in [0.15, 0.2) is 24.5 Å². The van der Waals surface area contributed by atoms with Gasteiger partial charge >= 0.3 is 0 Å². The highest BCUT2D eigenvalue weighted by Crippen LogP contribution is 2.28. The molecule has 0 saturated carbocycles. The van der Waals surface area contributed by atoms with Crippen LogP contribution >= 0.6 is 0 Å². The predicted octanol–water partition coefficient (Wildman–Crippen LogP) is 3.25. The van der Waals surface area contributed by atoms with Crippen molar-refractivity contribution in [1.82, 2.24) is 9.97 Å². The molecule has 3 rings (SSSR count). The van der Waals surface area contributed by atoms with Crippen LogP contribution in [-0.2, 0) is 0 Å². The van der Waals surface area contributed by atoms with Crippen molar-refractivity contribution in [2.45, 2.75) is 20.8 Å². The predicted molar refractivity (Wildman–Crippen MR) is 72.2 cm³/mol. The molecule has 0 aliphatic carbocycles. The molecule has 0 amide bonds. The summed E-state index contributed by atoms with van der Waals surface area (Å²) in [6.45, 7) is 8.17. The lowest BCUT2D eigenvalue weighted by Gasteiger charge is -2.38. The first-order valence-electron chi connectivity index (χ1n) is 6.39. The summed E-state index contributed by atoms with van der Waals surface area (Å²) in [4.78, 5) is 10.6. The summed E-state index contributed by atoms with van der Waals surface area (Å²) in [7, 11) is 0. The first-order valence-corrected chi connectivity index (χ1v) is 6.39. The first-order chi connectivity index (χ1) is 8.74. The van der Waals surface area contributed by atoms with Gasteiger partial charge in [0.2, 0.25) is 0 Å². The van der Waals surface area contributed by atoms with Crippen LogP contribution in [0.5, 0.6) is 0 Å². The molecule has 0 bridgehead atoms. The summed E-state index contributed by atoms with van der Waals surface area (Å²) in [5, 5.41) is 0.800. The van der Waals surface area contributed by atoms with Gasteiger partial charge in [0.1, 0.15) is 18.0 Å². The highest BCUT2D eigenvalue weighted by atomic mass is 19.1. The molecule has 18 heavy (non-hydrogen) atoms. The maximum absolute atomic E-state index is 13.2. The monoisotopic (exact) mass is 247 g/mol. The lowest BCUT2D eigenvalue weighted by atomic mass is 10.0. The van der Waals surface area contributed by atoms with Gasteiger partial charge in [-0.05, 0) is 24.1 Å². The molecule has 3 nitrogen and oxygen atoms in total. The molecule has 1 fully saturated rings. The molecule has 0 spiro atoms. The third kappa shape index (κ3) is 2.28. The van der Waals surface area contributed by atoms with Crippen LogP contribution in [0.1, 0.15) is 20.8 Å². The summed E-state index contributed by atoms with van der Waals surface area (Å²) in [5.74, 6) is 1.30.